The Kier molecular flexibility index (Phi) is 1.45. The molecule has 0 aromatic heterocycles. The first-order valence-electron chi connectivity index (χ1n) is 3.18. The van der Waals surface area contributed by atoms with Gasteiger partial charge in [0.2, 0.25) is 0 Å². The Bertz CT molecular complexity index is 132. The minimum Gasteiger partial charge on any atom is -0.370 e. The lowest BCUT2D eigenvalue weighted by Crippen LogP contribution is -2.47. The molecule has 0 saturated carbocycles. The summed E-state index contributed by atoms with van der Waals surface area (Å²) < 4.78 is 0. The van der Waals surface area contributed by atoms with Crippen molar-refractivity contribution in [1.29, 1.82) is 0 Å². The third-order valence-electron chi connectivity index (χ3n) is 1.28. The lowest BCUT2D eigenvalue weighted by Gasteiger charge is -2.18. The quantitative estimate of drug-likeness (QED) is 0.509. The minimum atomic E-state index is -0.281. The Morgan fingerprint density at radius 2 is 2.33 bits per heavy atom. The van der Waals surface area contributed by atoms with Gasteiger partial charge in [0.05, 0.1) is 12.1 Å². The number of hydrogen-bond acceptors (Lipinski definition) is 3. The van der Waals surface area contributed by atoms with Gasteiger partial charge in [-0.15, -0.1) is 0 Å². The summed E-state index contributed by atoms with van der Waals surface area (Å²) in [7, 11) is 0. The molecule has 0 spiro atoms. The Morgan fingerprint density at radius 3 is 2.56 bits per heavy atom. The zero-order chi connectivity index (χ0) is 6.91. The van der Waals surface area contributed by atoms with Gasteiger partial charge in [-0.3, -0.25) is 4.99 Å². The molecule has 1 rings (SSSR count). The molecule has 0 aromatic carbocycles. The zero-order valence-electron chi connectivity index (χ0n) is 5.94. The zero-order valence-corrected chi connectivity index (χ0v) is 5.94. The van der Waals surface area contributed by atoms with Gasteiger partial charge in [-0.25, -0.2) is 0 Å². The summed E-state index contributed by atoms with van der Waals surface area (Å²) in [6, 6.07) is 0. The van der Waals surface area contributed by atoms with E-state index in [-0.39, 0.29) is 5.54 Å². The second kappa shape index (κ2) is 1.99. The van der Waals surface area contributed by atoms with Crippen molar-refractivity contribution in [3.8, 4) is 0 Å². The summed E-state index contributed by atoms with van der Waals surface area (Å²) in [5.41, 5.74) is 5.47. The van der Waals surface area contributed by atoms with Gasteiger partial charge in [0.1, 0.15) is 5.84 Å². The maximum absolute atomic E-state index is 5.75. The van der Waals surface area contributed by atoms with E-state index >= 15 is 0 Å². The van der Waals surface area contributed by atoms with Crippen LogP contribution in [0.15, 0.2) is 4.99 Å². The molecule has 1 heterocycles. The molecule has 0 unspecified atom stereocenters. The molecule has 1 aliphatic heterocycles. The number of hydrogen-bond donors (Lipinski definition) is 2. The van der Waals surface area contributed by atoms with E-state index in [1.54, 1.807) is 0 Å². The Hall–Kier alpha value is -0.570. The van der Waals surface area contributed by atoms with E-state index in [1.165, 1.54) is 0 Å². The maximum Gasteiger partial charge on any atom is 0.116 e. The van der Waals surface area contributed by atoms with Crippen LogP contribution in [0.4, 0.5) is 0 Å². The van der Waals surface area contributed by atoms with Crippen LogP contribution in [0, 0.1) is 0 Å². The Balaban J connectivity index is 2.61. The predicted molar refractivity (Wildman–Crippen MR) is 38.6 cm³/mol. The standard InChI is InChI=1S/C6H13N3/c1-6(2,7)5-8-3-4-9-5/h3-4,7H2,1-2H3,(H,8,9). The van der Waals surface area contributed by atoms with Gasteiger partial charge in [-0.2, -0.15) is 0 Å². The van der Waals surface area contributed by atoms with Crippen LogP contribution < -0.4 is 11.1 Å². The van der Waals surface area contributed by atoms with Crippen LogP contribution in [-0.4, -0.2) is 24.5 Å². The summed E-state index contributed by atoms with van der Waals surface area (Å²) in [5, 5.41) is 3.12. The Morgan fingerprint density at radius 1 is 1.67 bits per heavy atom. The number of nitrogens with two attached hydrogens (primary N) is 1. The van der Waals surface area contributed by atoms with Gasteiger partial charge in [0.25, 0.3) is 0 Å². The molecular formula is C6H13N3. The number of amidine groups is 1. The molecule has 0 fully saturated rings. The average molecular weight is 127 g/mol. The molecule has 1 aliphatic rings. The largest absolute Gasteiger partial charge is 0.370 e. The van der Waals surface area contributed by atoms with E-state index < -0.39 is 0 Å². The summed E-state index contributed by atoms with van der Waals surface area (Å²) in [6.07, 6.45) is 0. The minimum absolute atomic E-state index is 0.281. The van der Waals surface area contributed by atoms with E-state index in [1.807, 2.05) is 13.8 Å². The van der Waals surface area contributed by atoms with Crippen LogP contribution in [0.5, 0.6) is 0 Å². The molecule has 0 radical (unpaired) electrons. The van der Waals surface area contributed by atoms with Crippen molar-refractivity contribution in [2.75, 3.05) is 13.1 Å². The maximum atomic E-state index is 5.75. The highest BCUT2D eigenvalue weighted by molar-refractivity contribution is 5.91. The van der Waals surface area contributed by atoms with E-state index in [2.05, 4.69) is 10.3 Å². The molecule has 0 saturated heterocycles. The summed E-state index contributed by atoms with van der Waals surface area (Å²) in [6.45, 7) is 5.71. The van der Waals surface area contributed by atoms with Crippen molar-refractivity contribution in [3.05, 3.63) is 0 Å². The van der Waals surface area contributed by atoms with Crippen LogP contribution in [0.2, 0.25) is 0 Å². The van der Waals surface area contributed by atoms with E-state index in [9.17, 15) is 0 Å². The van der Waals surface area contributed by atoms with Gasteiger partial charge in [0.15, 0.2) is 0 Å². The van der Waals surface area contributed by atoms with Crippen LogP contribution in [-0.2, 0) is 0 Å². The second-order valence-electron chi connectivity index (χ2n) is 2.88. The van der Waals surface area contributed by atoms with Crippen molar-refractivity contribution >= 4 is 5.84 Å². The molecule has 3 N–H and O–H groups in total. The Labute approximate surface area is 55.3 Å². The fraction of sp³-hybridized carbons (Fsp3) is 0.833. The number of rotatable bonds is 1. The van der Waals surface area contributed by atoms with Gasteiger partial charge in [-0.05, 0) is 13.8 Å². The van der Waals surface area contributed by atoms with Crippen LogP contribution >= 0.6 is 0 Å². The third kappa shape index (κ3) is 1.42. The van der Waals surface area contributed by atoms with Gasteiger partial charge >= 0.3 is 0 Å². The highest BCUT2D eigenvalue weighted by Gasteiger charge is 2.20. The predicted octanol–water partition coefficient (Wildman–Crippen LogP) is -0.275. The molecule has 3 heteroatoms. The fourth-order valence-corrected chi connectivity index (χ4v) is 0.829. The lowest BCUT2D eigenvalue weighted by atomic mass is 10.1. The number of aliphatic imine (C=N–C) groups is 1. The number of nitrogens with one attached hydrogen (secondary N) is 1. The smallest absolute Gasteiger partial charge is 0.116 e. The van der Waals surface area contributed by atoms with Crippen LogP contribution in [0.3, 0.4) is 0 Å². The van der Waals surface area contributed by atoms with Crippen molar-refractivity contribution in [2.45, 2.75) is 19.4 Å². The molecular weight excluding hydrogens is 114 g/mol. The molecule has 3 nitrogen and oxygen atoms in total. The van der Waals surface area contributed by atoms with Crippen molar-refractivity contribution < 1.29 is 0 Å². The fourth-order valence-electron chi connectivity index (χ4n) is 0.829. The lowest BCUT2D eigenvalue weighted by molar-refractivity contribution is 0.678. The third-order valence-corrected chi connectivity index (χ3v) is 1.28. The first-order valence-corrected chi connectivity index (χ1v) is 3.18. The second-order valence-corrected chi connectivity index (χ2v) is 2.88. The SMILES string of the molecule is CC(C)(N)C1=NCCN1. The highest BCUT2D eigenvalue weighted by atomic mass is 15.1. The average Bonchev–Trinajstić information content (AvgIpc) is 2.08. The van der Waals surface area contributed by atoms with Gasteiger partial charge in [0, 0.05) is 6.54 Å². The van der Waals surface area contributed by atoms with E-state index in [0.29, 0.717) is 0 Å². The van der Waals surface area contributed by atoms with Crippen molar-refractivity contribution in [2.24, 2.45) is 10.7 Å². The number of nitrogens with zero attached hydrogens (tertiary/aromatic N) is 1. The first-order chi connectivity index (χ1) is 4.11. The van der Waals surface area contributed by atoms with Crippen molar-refractivity contribution in [1.82, 2.24) is 5.32 Å². The van der Waals surface area contributed by atoms with Gasteiger partial charge < -0.3 is 11.1 Å². The van der Waals surface area contributed by atoms with Crippen LogP contribution in [0.1, 0.15) is 13.8 Å². The summed E-state index contributed by atoms with van der Waals surface area (Å²) >= 11 is 0. The monoisotopic (exact) mass is 127 g/mol. The summed E-state index contributed by atoms with van der Waals surface area (Å²) in [4.78, 5) is 4.19. The van der Waals surface area contributed by atoms with Crippen molar-refractivity contribution in [3.63, 3.8) is 0 Å². The molecule has 0 aromatic rings. The topological polar surface area (TPSA) is 50.4 Å². The molecule has 0 aliphatic carbocycles. The molecule has 0 amide bonds. The van der Waals surface area contributed by atoms with E-state index in [4.69, 9.17) is 5.73 Å². The highest BCUT2D eigenvalue weighted by Crippen LogP contribution is 2.01. The summed E-state index contributed by atoms with van der Waals surface area (Å²) in [5.74, 6) is 0.933. The van der Waals surface area contributed by atoms with E-state index in [0.717, 1.165) is 18.9 Å². The first kappa shape index (κ1) is 6.55. The molecule has 0 bridgehead atoms. The molecule has 0 atom stereocenters. The molecule has 9 heavy (non-hydrogen) atoms. The normalized spacial score (nSPS) is 19.2. The van der Waals surface area contributed by atoms with Gasteiger partial charge in [-0.1, -0.05) is 0 Å². The van der Waals surface area contributed by atoms with Crippen LogP contribution in [0.25, 0.3) is 0 Å². The molecule has 52 valence electrons.